The number of benzene rings is 2. The first kappa shape index (κ1) is 14.0. The lowest BCUT2D eigenvalue weighted by Gasteiger charge is -2.12. The van der Waals surface area contributed by atoms with Crippen LogP contribution in [0.2, 0.25) is 0 Å². The fraction of sp³-hybridized carbons (Fsp3) is 0.188. The molecular weight excluding hydrogens is 260 g/mol. The Morgan fingerprint density at radius 1 is 1.15 bits per heavy atom. The minimum Gasteiger partial charge on any atom is -0.433 e. The smallest absolute Gasteiger partial charge is 0.387 e. The molecule has 0 aliphatic carbocycles. The van der Waals surface area contributed by atoms with Gasteiger partial charge in [0.1, 0.15) is 11.8 Å². The van der Waals surface area contributed by atoms with E-state index in [9.17, 15) is 8.78 Å². The van der Waals surface area contributed by atoms with Gasteiger partial charge >= 0.3 is 6.61 Å². The zero-order valence-electron chi connectivity index (χ0n) is 11.2. The minimum atomic E-state index is -2.95. The van der Waals surface area contributed by atoms with Gasteiger partial charge in [0.25, 0.3) is 0 Å². The van der Waals surface area contributed by atoms with Crippen molar-refractivity contribution in [1.29, 1.82) is 5.26 Å². The van der Waals surface area contributed by atoms with E-state index in [0.29, 0.717) is 0 Å². The zero-order chi connectivity index (χ0) is 14.7. The summed E-state index contributed by atoms with van der Waals surface area (Å²) in [6.45, 7) is 1.01. The summed E-state index contributed by atoms with van der Waals surface area (Å²) in [6, 6.07) is 12.4. The van der Waals surface area contributed by atoms with E-state index >= 15 is 0 Å². The maximum absolute atomic E-state index is 12.4. The third-order valence-corrected chi connectivity index (χ3v) is 3.23. The number of hydrogen-bond acceptors (Lipinski definition) is 2. The molecule has 0 saturated heterocycles. The normalized spacial score (nSPS) is 10.4. The minimum absolute atomic E-state index is 0.0964. The number of rotatable bonds is 3. The Balaban J connectivity index is 2.53. The SMILES string of the molecule is Cc1cccc(-c2ccc(C#N)c(OC(F)F)c2)c1C. The van der Waals surface area contributed by atoms with Crippen molar-refractivity contribution >= 4 is 0 Å². The van der Waals surface area contributed by atoms with Crippen LogP contribution in [-0.2, 0) is 0 Å². The van der Waals surface area contributed by atoms with E-state index in [1.165, 1.54) is 12.1 Å². The van der Waals surface area contributed by atoms with E-state index in [2.05, 4.69) is 4.74 Å². The fourth-order valence-corrected chi connectivity index (χ4v) is 2.04. The Kier molecular flexibility index (Phi) is 3.99. The van der Waals surface area contributed by atoms with Gasteiger partial charge in [-0.15, -0.1) is 0 Å². The molecule has 2 rings (SSSR count). The van der Waals surface area contributed by atoms with Crippen LogP contribution in [0, 0.1) is 25.2 Å². The van der Waals surface area contributed by atoms with Crippen LogP contribution in [0.1, 0.15) is 16.7 Å². The first-order valence-corrected chi connectivity index (χ1v) is 6.08. The van der Waals surface area contributed by atoms with Gasteiger partial charge in [-0.25, -0.2) is 0 Å². The summed E-state index contributed by atoms with van der Waals surface area (Å²) in [5.74, 6) is -0.0964. The summed E-state index contributed by atoms with van der Waals surface area (Å²) < 4.78 is 29.2. The second-order valence-corrected chi connectivity index (χ2v) is 4.45. The molecule has 0 aliphatic rings. The molecule has 4 heteroatoms. The van der Waals surface area contributed by atoms with Crippen molar-refractivity contribution in [3.8, 4) is 22.9 Å². The molecule has 0 aromatic heterocycles. The highest BCUT2D eigenvalue weighted by molar-refractivity contribution is 5.71. The van der Waals surface area contributed by atoms with Gasteiger partial charge in [0.2, 0.25) is 0 Å². The molecule has 0 N–H and O–H groups in total. The first-order valence-electron chi connectivity index (χ1n) is 6.08. The number of aryl methyl sites for hydroxylation is 1. The Morgan fingerprint density at radius 3 is 2.55 bits per heavy atom. The maximum atomic E-state index is 12.4. The highest BCUT2D eigenvalue weighted by atomic mass is 19.3. The van der Waals surface area contributed by atoms with Crippen LogP contribution >= 0.6 is 0 Å². The Bertz CT molecular complexity index is 675. The number of hydrogen-bond donors (Lipinski definition) is 0. The van der Waals surface area contributed by atoms with E-state index in [0.717, 1.165) is 22.3 Å². The van der Waals surface area contributed by atoms with Gasteiger partial charge in [-0.1, -0.05) is 24.3 Å². The third kappa shape index (κ3) is 2.77. The summed E-state index contributed by atoms with van der Waals surface area (Å²) in [5, 5.41) is 8.92. The monoisotopic (exact) mass is 273 g/mol. The van der Waals surface area contributed by atoms with Gasteiger partial charge in [0, 0.05) is 0 Å². The van der Waals surface area contributed by atoms with Gasteiger partial charge in [-0.2, -0.15) is 14.0 Å². The summed E-state index contributed by atoms with van der Waals surface area (Å²) in [4.78, 5) is 0. The number of alkyl halides is 2. The summed E-state index contributed by atoms with van der Waals surface area (Å²) >= 11 is 0. The van der Waals surface area contributed by atoms with Crippen LogP contribution < -0.4 is 4.74 Å². The Labute approximate surface area is 116 Å². The third-order valence-electron chi connectivity index (χ3n) is 3.23. The van der Waals surface area contributed by atoms with E-state index in [-0.39, 0.29) is 11.3 Å². The molecule has 0 bridgehead atoms. The van der Waals surface area contributed by atoms with Crippen LogP contribution in [0.4, 0.5) is 8.78 Å². The van der Waals surface area contributed by atoms with Crippen LogP contribution in [0.3, 0.4) is 0 Å². The molecule has 0 spiro atoms. The molecule has 2 aromatic rings. The number of nitriles is 1. The van der Waals surface area contributed by atoms with Gasteiger partial charge < -0.3 is 4.74 Å². The maximum Gasteiger partial charge on any atom is 0.387 e. The molecule has 0 aliphatic heterocycles. The molecular formula is C16H13F2NO. The van der Waals surface area contributed by atoms with Gasteiger partial charge in [0.05, 0.1) is 5.56 Å². The lowest BCUT2D eigenvalue weighted by Crippen LogP contribution is -2.03. The van der Waals surface area contributed by atoms with E-state index < -0.39 is 6.61 Å². The highest BCUT2D eigenvalue weighted by Gasteiger charge is 2.12. The number of nitrogens with zero attached hydrogens (tertiary/aromatic N) is 1. The van der Waals surface area contributed by atoms with Crippen molar-refractivity contribution in [2.45, 2.75) is 20.5 Å². The molecule has 0 amide bonds. The number of ether oxygens (including phenoxy) is 1. The van der Waals surface area contributed by atoms with Crippen molar-refractivity contribution in [1.82, 2.24) is 0 Å². The summed E-state index contributed by atoms with van der Waals surface area (Å²) in [5.41, 5.74) is 3.97. The summed E-state index contributed by atoms with van der Waals surface area (Å²) in [7, 11) is 0. The Hall–Kier alpha value is -2.41. The van der Waals surface area contributed by atoms with Crippen molar-refractivity contribution in [3.63, 3.8) is 0 Å². The standard InChI is InChI=1S/C16H13F2NO/c1-10-4-3-5-14(11(10)2)12-6-7-13(9-19)15(8-12)20-16(17)18/h3-8,16H,1-2H3. The molecule has 0 fully saturated rings. The molecule has 102 valence electrons. The molecule has 0 saturated carbocycles. The lowest BCUT2D eigenvalue weighted by atomic mass is 9.96. The van der Waals surface area contributed by atoms with E-state index in [1.54, 1.807) is 6.07 Å². The van der Waals surface area contributed by atoms with Crippen LogP contribution in [0.15, 0.2) is 36.4 Å². The quantitative estimate of drug-likeness (QED) is 0.828. The van der Waals surface area contributed by atoms with Crippen molar-refractivity contribution in [2.24, 2.45) is 0 Å². The molecule has 0 unspecified atom stereocenters. The van der Waals surface area contributed by atoms with Crippen LogP contribution in [0.5, 0.6) is 5.75 Å². The second-order valence-electron chi connectivity index (χ2n) is 4.45. The molecule has 2 nitrogen and oxygen atoms in total. The van der Waals surface area contributed by atoms with Crippen LogP contribution in [0.25, 0.3) is 11.1 Å². The molecule has 0 atom stereocenters. The summed E-state index contributed by atoms with van der Waals surface area (Å²) in [6.07, 6.45) is 0. The van der Waals surface area contributed by atoms with Crippen molar-refractivity contribution < 1.29 is 13.5 Å². The Morgan fingerprint density at radius 2 is 1.90 bits per heavy atom. The molecule has 0 radical (unpaired) electrons. The van der Waals surface area contributed by atoms with Gasteiger partial charge in [0.15, 0.2) is 0 Å². The fourth-order valence-electron chi connectivity index (χ4n) is 2.04. The lowest BCUT2D eigenvalue weighted by molar-refractivity contribution is -0.0500. The van der Waals surface area contributed by atoms with Crippen molar-refractivity contribution in [3.05, 3.63) is 53.1 Å². The topological polar surface area (TPSA) is 33.0 Å². The van der Waals surface area contributed by atoms with Crippen LogP contribution in [-0.4, -0.2) is 6.61 Å². The van der Waals surface area contributed by atoms with Gasteiger partial charge in [-0.05, 0) is 48.2 Å². The van der Waals surface area contributed by atoms with E-state index in [4.69, 9.17) is 5.26 Å². The predicted octanol–water partition coefficient (Wildman–Crippen LogP) is 4.44. The predicted molar refractivity (Wildman–Crippen MR) is 72.7 cm³/mol. The second kappa shape index (κ2) is 5.70. The average Bonchev–Trinajstić information content (AvgIpc) is 2.41. The average molecular weight is 273 g/mol. The highest BCUT2D eigenvalue weighted by Crippen LogP contribution is 2.31. The number of halogens is 2. The molecule has 2 aromatic carbocycles. The first-order chi connectivity index (χ1) is 9.52. The largest absolute Gasteiger partial charge is 0.433 e. The van der Waals surface area contributed by atoms with Crippen molar-refractivity contribution in [2.75, 3.05) is 0 Å². The van der Waals surface area contributed by atoms with Gasteiger partial charge in [-0.3, -0.25) is 0 Å². The molecule has 20 heavy (non-hydrogen) atoms. The molecule has 0 heterocycles. The zero-order valence-corrected chi connectivity index (χ0v) is 11.2. The van der Waals surface area contributed by atoms with E-state index in [1.807, 2.05) is 38.1 Å².